The summed E-state index contributed by atoms with van der Waals surface area (Å²) in [4.78, 5) is 0. The van der Waals surface area contributed by atoms with Crippen LogP contribution in [0.1, 0.15) is 20.8 Å². The normalized spacial score (nSPS) is 9.43. The molecule has 42 valence electrons. The van der Waals surface area contributed by atoms with Crippen molar-refractivity contribution in [1.29, 1.82) is 0 Å². The first-order valence-electron chi connectivity index (χ1n) is 2.29. The molecule has 0 aliphatic carbocycles. The van der Waals surface area contributed by atoms with Gasteiger partial charge in [0.25, 0.3) is 0 Å². The van der Waals surface area contributed by atoms with Gasteiger partial charge in [-0.25, -0.2) is 0 Å². The number of rotatable bonds is 0. The van der Waals surface area contributed by atoms with Crippen molar-refractivity contribution in [2.45, 2.75) is 25.8 Å². The van der Waals surface area contributed by atoms with Crippen LogP contribution in [0.25, 0.3) is 0 Å². The van der Waals surface area contributed by atoms with Gasteiger partial charge in [0.2, 0.25) is 0 Å². The van der Waals surface area contributed by atoms with Crippen molar-refractivity contribution in [2.75, 3.05) is 0 Å². The van der Waals surface area contributed by atoms with Gasteiger partial charge < -0.3 is 0 Å². The van der Waals surface area contributed by atoms with Gasteiger partial charge in [0.05, 0.1) is 0 Å². The van der Waals surface area contributed by atoms with Gasteiger partial charge >= 0.3 is 20.0 Å². The van der Waals surface area contributed by atoms with Gasteiger partial charge in [-0.3, -0.25) is 0 Å². The van der Waals surface area contributed by atoms with E-state index in [9.17, 15) is 0 Å². The van der Waals surface area contributed by atoms with Crippen LogP contribution in [0.2, 0.25) is 5.04 Å². The Morgan fingerprint density at radius 3 is 1.29 bits per heavy atom. The van der Waals surface area contributed by atoms with Crippen molar-refractivity contribution in [3.05, 3.63) is 0 Å². The van der Waals surface area contributed by atoms with E-state index in [1.807, 2.05) is 0 Å². The molecule has 1 nitrogen and oxygen atoms in total. The Bertz CT molecular complexity index is 35.4. The second-order valence-corrected chi connectivity index (χ2v) is 6.00. The number of hydrogen-bond donors (Lipinski definition) is 0. The molecule has 0 unspecified atom stereocenters. The topological polar surface area (TPSA) is 17.1 Å². The van der Waals surface area contributed by atoms with E-state index in [0.29, 0.717) is 21.3 Å². The maximum atomic E-state index is 8.28. The Hall–Kier alpha value is 0.549. The molecular weight excluding hydrogens is 119 g/mol. The first-order chi connectivity index (χ1) is 3.00. The van der Waals surface area contributed by atoms with E-state index in [1.54, 1.807) is 0 Å². The Balaban J connectivity index is 0. The summed E-state index contributed by atoms with van der Waals surface area (Å²) < 4.78 is 8.28. The van der Waals surface area contributed by atoms with E-state index >= 15 is 0 Å². The maximum absolute atomic E-state index is 8.28. The summed E-state index contributed by atoms with van der Waals surface area (Å²) in [6.45, 7) is 6.75. The molecule has 0 aromatic rings. The quantitative estimate of drug-likeness (QED) is 0.417. The van der Waals surface area contributed by atoms with Crippen LogP contribution in [0, 0.1) is 0 Å². The molecular formula is C4H13AlOSi. The van der Waals surface area contributed by atoms with Crippen LogP contribution in [0.5, 0.6) is 0 Å². The van der Waals surface area contributed by atoms with Crippen LogP contribution in [0.3, 0.4) is 0 Å². The third-order valence-corrected chi connectivity index (χ3v) is 0. The number of hydrogen-bond acceptors (Lipinski definition) is 1. The molecule has 0 atom stereocenters. The molecule has 0 aromatic heterocycles. The second-order valence-electron chi connectivity index (χ2n) is 3.00. The van der Waals surface area contributed by atoms with Crippen LogP contribution >= 0.6 is 0 Å². The molecule has 0 spiro atoms. The van der Waals surface area contributed by atoms with Crippen molar-refractivity contribution in [3.63, 3.8) is 0 Å². The molecule has 0 aliphatic rings. The predicted octanol–water partition coefficient (Wildman–Crippen LogP) is -0.197. The molecule has 0 amide bonds. The van der Waals surface area contributed by atoms with E-state index < -0.39 is 0 Å². The summed E-state index contributed by atoms with van der Waals surface area (Å²) in [5.74, 6) is 0. The van der Waals surface area contributed by atoms with Gasteiger partial charge in [-0.2, -0.15) is 0 Å². The summed E-state index contributed by atoms with van der Waals surface area (Å²) in [5.41, 5.74) is 0. The van der Waals surface area contributed by atoms with Gasteiger partial charge in [0.1, 0.15) is 0 Å². The first-order valence-corrected chi connectivity index (χ1v) is 3.87. The van der Waals surface area contributed by atoms with Crippen molar-refractivity contribution in [1.82, 2.24) is 0 Å². The Labute approximate surface area is 56.6 Å². The summed E-state index contributed by atoms with van der Waals surface area (Å²) in [6, 6.07) is 0. The summed E-state index contributed by atoms with van der Waals surface area (Å²) >= 11 is 0.611. The molecule has 0 N–H and O–H groups in total. The zero-order chi connectivity index (χ0) is 6.50. The van der Waals surface area contributed by atoms with Gasteiger partial charge in [0.15, 0.2) is 0 Å². The minimum atomic E-state index is 0.611. The summed E-state index contributed by atoms with van der Waals surface area (Å²) in [6.07, 6.45) is 0. The molecule has 0 radical (unpaired) electrons. The van der Waals surface area contributed by atoms with Crippen LogP contribution < -0.4 is 0 Å². The van der Waals surface area contributed by atoms with Crippen LogP contribution in [-0.4, -0.2) is 26.5 Å². The van der Waals surface area contributed by atoms with E-state index in [0.717, 1.165) is 0 Å². The molecule has 0 bridgehead atoms. The monoisotopic (exact) mass is 132 g/mol. The molecule has 3 heteroatoms. The summed E-state index contributed by atoms with van der Waals surface area (Å²) in [7, 11) is 1.31. The molecule has 7 heavy (non-hydrogen) atoms. The fraction of sp³-hybridized carbons (Fsp3) is 1.00. The van der Waals surface area contributed by atoms with Crippen molar-refractivity contribution < 1.29 is 3.80 Å². The molecule has 0 saturated carbocycles. The molecule has 0 heterocycles. The molecule has 0 saturated heterocycles. The molecule has 0 fully saturated rings. The summed E-state index contributed by atoms with van der Waals surface area (Å²) in [5, 5.41) is 0.639. The van der Waals surface area contributed by atoms with Crippen molar-refractivity contribution in [2.24, 2.45) is 0 Å². The van der Waals surface area contributed by atoms with Gasteiger partial charge in [-0.1, -0.05) is 25.8 Å². The first kappa shape index (κ1) is 10.5. The minimum absolute atomic E-state index is 0.611. The van der Waals surface area contributed by atoms with Gasteiger partial charge in [0, 0.05) is 10.2 Å². The zero-order valence-corrected chi connectivity index (χ0v) is 9.03. The van der Waals surface area contributed by atoms with Crippen LogP contribution in [0.4, 0.5) is 0 Å². The third-order valence-electron chi connectivity index (χ3n) is 0. The van der Waals surface area contributed by atoms with Crippen molar-refractivity contribution in [3.8, 4) is 0 Å². The van der Waals surface area contributed by atoms with Crippen molar-refractivity contribution >= 4 is 26.5 Å². The molecule has 0 aliphatic heterocycles. The predicted molar refractivity (Wildman–Crippen MR) is 37.5 cm³/mol. The van der Waals surface area contributed by atoms with Crippen LogP contribution in [0.15, 0.2) is 0 Å². The van der Waals surface area contributed by atoms with E-state index in [4.69, 9.17) is 3.80 Å². The average molecular weight is 132 g/mol. The Morgan fingerprint density at radius 1 is 1.29 bits per heavy atom. The van der Waals surface area contributed by atoms with Gasteiger partial charge in [-0.05, 0) is 0 Å². The van der Waals surface area contributed by atoms with E-state index in [-0.39, 0.29) is 0 Å². The molecule has 0 aromatic carbocycles. The molecule has 0 rings (SSSR count). The Morgan fingerprint density at radius 2 is 1.29 bits per heavy atom. The fourth-order valence-corrected chi connectivity index (χ4v) is 0. The average Bonchev–Trinajstić information content (AvgIpc) is 1.36. The zero-order valence-electron chi connectivity index (χ0n) is 5.62. The van der Waals surface area contributed by atoms with E-state index in [1.165, 1.54) is 10.2 Å². The standard InChI is InChI=1S/C4H12Si.Al.O.H/c1-4(2,3)5;;;/h1-3,5H3;;;. The van der Waals surface area contributed by atoms with E-state index in [2.05, 4.69) is 20.8 Å². The Kier molecular flexibility index (Phi) is 7.06. The SMILES string of the molecule is CC(C)(C)[SiH3].[O]=[AlH]. The van der Waals surface area contributed by atoms with Gasteiger partial charge in [-0.15, -0.1) is 0 Å². The second kappa shape index (κ2) is 4.70. The fourth-order valence-electron chi connectivity index (χ4n) is 0. The third kappa shape index (κ3) is 449. The van der Waals surface area contributed by atoms with Crippen LogP contribution in [-0.2, 0) is 3.80 Å².